The minimum atomic E-state index is -0.760. The summed E-state index contributed by atoms with van der Waals surface area (Å²) in [5, 5.41) is 14.3. The van der Waals surface area contributed by atoms with Crippen molar-refractivity contribution in [1.82, 2.24) is 20.6 Å². The molecule has 1 aromatic heterocycles. The summed E-state index contributed by atoms with van der Waals surface area (Å²) in [4.78, 5) is 22.5. The van der Waals surface area contributed by atoms with Gasteiger partial charge < -0.3 is 11.1 Å². The average molecular weight is 250 g/mol. The SMILES string of the molecule is NC(=O)c1ccc(F)c(NC(=O)c2nn[nH]n2)c1. The Morgan fingerprint density at radius 1 is 1.39 bits per heavy atom. The molecule has 8 nitrogen and oxygen atoms in total. The predicted octanol–water partition coefficient (Wildman–Crippen LogP) is -0.310. The van der Waals surface area contributed by atoms with E-state index in [4.69, 9.17) is 5.73 Å². The third kappa shape index (κ3) is 2.29. The first-order valence-corrected chi connectivity index (χ1v) is 4.72. The van der Waals surface area contributed by atoms with E-state index >= 15 is 0 Å². The Labute approximate surface area is 99.4 Å². The van der Waals surface area contributed by atoms with Gasteiger partial charge in [0.25, 0.3) is 11.7 Å². The highest BCUT2D eigenvalue weighted by Gasteiger charge is 2.14. The molecule has 18 heavy (non-hydrogen) atoms. The van der Waals surface area contributed by atoms with Crippen LogP contribution >= 0.6 is 0 Å². The van der Waals surface area contributed by atoms with Crippen molar-refractivity contribution >= 4 is 17.5 Å². The third-order valence-corrected chi connectivity index (χ3v) is 2.05. The Morgan fingerprint density at radius 2 is 2.17 bits per heavy atom. The number of tetrazole rings is 1. The summed E-state index contributed by atoms with van der Waals surface area (Å²) in [5.74, 6) is -2.45. The summed E-state index contributed by atoms with van der Waals surface area (Å²) in [6, 6.07) is 3.35. The molecular formula is C9H7FN6O2. The number of rotatable bonds is 3. The van der Waals surface area contributed by atoms with Crippen LogP contribution in [0.1, 0.15) is 21.0 Å². The van der Waals surface area contributed by atoms with E-state index in [9.17, 15) is 14.0 Å². The Morgan fingerprint density at radius 3 is 2.78 bits per heavy atom. The van der Waals surface area contributed by atoms with Crippen LogP contribution in [0, 0.1) is 5.82 Å². The molecule has 0 aliphatic heterocycles. The highest BCUT2D eigenvalue weighted by atomic mass is 19.1. The van der Waals surface area contributed by atoms with Gasteiger partial charge in [-0.05, 0) is 23.4 Å². The van der Waals surface area contributed by atoms with Crippen LogP contribution in [0.5, 0.6) is 0 Å². The van der Waals surface area contributed by atoms with Crippen LogP contribution in [0.4, 0.5) is 10.1 Å². The molecule has 4 N–H and O–H groups in total. The minimum Gasteiger partial charge on any atom is -0.366 e. The van der Waals surface area contributed by atoms with Crippen molar-refractivity contribution in [3.8, 4) is 0 Å². The molecule has 0 unspecified atom stereocenters. The second-order valence-electron chi connectivity index (χ2n) is 3.25. The maximum Gasteiger partial charge on any atom is 0.297 e. The topological polar surface area (TPSA) is 127 Å². The van der Waals surface area contributed by atoms with E-state index < -0.39 is 17.6 Å². The molecule has 9 heteroatoms. The second-order valence-corrected chi connectivity index (χ2v) is 3.25. The molecule has 2 aromatic rings. The second kappa shape index (κ2) is 4.57. The van der Waals surface area contributed by atoms with Gasteiger partial charge in [-0.1, -0.05) is 0 Å². The van der Waals surface area contributed by atoms with Gasteiger partial charge in [-0.2, -0.15) is 5.21 Å². The zero-order valence-corrected chi connectivity index (χ0v) is 8.85. The summed E-state index contributed by atoms with van der Waals surface area (Å²) in [6.07, 6.45) is 0. The lowest BCUT2D eigenvalue weighted by atomic mass is 10.2. The fourth-order valence-corrected chi connectivity index (χ4v) is 1.21. The highest BCUT2D eigenvalue weighted by Crippen LogP contribution is 2.16. The average Bonchev–Trinajstić information content (AvgIpc) is 2.85. The lowest BCUT2D eigenvalue weighted by Crippen LogP contribution is -2.16. The standard InChI is InChI=1S/C9H7FN6O2/c10-5-2-1-4(7(11)17)3-6(5)12-9(18)8-13-15-16-14-8/h1-3H,(H2,11,17)(H,12,18)(H,13,14,15,16). The number of anilines is 1. The van der Waals surface area contributed by atoms with Gasteiger partial charge in [0, 0.05) is 5.56 Å². The molecule has 0 aliphatic carbocycles. The zero-order valence-electron chi connectivity index (χ0n) is 8.85. The van der Waals surface area contributed by atoms with Crippen molar-refractivity contribution < 1.29 is 14.0 Å². The lowest BCUT2D eigenvalue weighted by molar-refractivity contribution is 0.0994. The van der Waals surface area contributed by atoms with E-state index in [1.54, 1.807) is 0 Å². The molecule has 0 atom stereocenters. The number of halogens is 1. The van der Waals surface area contributed by atoms with Crippen LogP contribution in [0.15, 0.2) is 18.2 Å². The van der Waals surface area contributed by atoms with Crippen LogP contribution in [0.3, 0.4) is 0 Å². The first kappa shape index (κ1) is 11.6. The van der Waals surface area contributed by atoms with Gasteiger partial charge in [0.05, 0.1) is 5.69 Å². The number of aromatic nitrogens is 4. The van der Waals surface area contributed by atoms with E-state index in [1.807, 2.05) is 0 Å². The lowest BCUT2D eigenvalue weighted by Gasteiger charge is -2.05. The summed E-state index contributed by atoms with van der Waals surface area (Å²) in [5.41, 5.74) is 4.92. The summed E-state index contributed by atoms with van der Waals surface area (Å²) < 4.78 is 13.4. The van der Waals surface area contributed by atoms with Crippen LogP contribution in [-0.2, 0) is 0 Å². The Balaban J connectivity index is 2.26. The number of primary amides is 1. The molecule has 0 saturated heterocycles. The molecule has 2 rings (SSSR count). The van der Waals surface area contributed by atoms with Crippen molar-refractivity contribution in [1.29, 1.82) is 0 Å². The van der Waals surface area contributed by atoms with Gasteiger partial charge in [0.1, 0.15) is 5.82 Å². The number of amides is 2. The summed E-state index contributed by atoms with van der Waals surface area (Å²) in [7, 11) is 0. The first-order valence-electron chi connectivity index (χ1n) is 4.72. The van der Waals surface area contributed by atoms with Crippen LogP contribution < -0.4 is 11.1 Å². The van der Waals surface area contributed by atoms with Crippen LogP contribution in [0.25, 0.3) is 0 Å². The molecule has 0 fully saturated rings. The number of hydrogen-bond acceptors (Lipinski definition) is 5. The molecule has 0 radical (unpaired) electrons. The van der Waals surface area contributed by atoms with Gasteiger partial charge in [0.15, 0.2) is 0 Å². The zero-order chi connectivity index (χ0) is 13.1. The van der Waals surface area contributed by atoms with E-state index in [0.717, 1.165) is 12.1 Å². The predicted molar refractivity (Wildman–Crippen MR) is 57.0 cm³/mol. The molecule has 1 aromatic carbocycles. The molecule has 0 saturated carbocycles. The van der Waals surface area contributed by atoms with Gasteiger partial charge >= 0.3 is 0 Å². The number of benzene rings is 1. The summed E-state index contributed by atoms with van der Waals surface area (Å²) >= 11 is 0. The van der Waals surface area contributed by atoms with E-state index in [1.165, 1.54) is 6.07 Å². The van der Waals surface area contributed by atoms with Gasteiger partial charge in [-0.3, -0.25) is 9.59 Å². The molecule has 92 valence electrons. The summed E-state index contributed by atoms with van der Waals surface area (Å²) in [6.45, 7) is 0. The monoisotopic (exact) mass is 250 g/mol. The Hall–Kier alpha value is -2.84. The van der Waals surface area contributed by atoms with Crippen molar-refractivity contribution in [3.63, 3.8) is 0 Å². The number of nitrogens with one attached hydrogen (secondary N) is 2. The number of carbonyl (C=O) groups is 2. The third-order valence-electron chi connectivity index (χ3n) is 2.05. The van der Waals surface area contributed by atoms with Gasteiger partial charge in [-0.25, -0.2) is 4.39 Å². The number of nitrogens with zero attached hydrogens (tertiary/aromatic N) is 3. The quantitative estimate of drug-likeness (QED) is 0.688. The van der Waals surface area contributed by atoms with Gasteiger partial charge in [0.2, 0.25) is 5.91 Å². The molecule has 0 aliphatic rings. The van der Waals surface area contributed by atoms with E-state index in [0.29, 0.717) is 0 Å². The normalized spacial score (nSPS) is 10.1. The number of H-pyrrole nitrogens is 1. The van der Waals surface area contributed by atoms with Crippen molar-refractivity contribution in [3.05, 3.63) is 35.4 Å². The van der Waals surface area contributed by atoms with Crippen molar-refractivity contribution in [2.45, 2.75) is 0 Å². The first-order chi connectivity index (χ1) is 8.58. The smallest absolute Gasteiger partial charge is 0.297 e. The number of hydrogen-bond donors (Lipinski definition) is 3. The molecule has 0 spiro atoms. The Bertz CT molecular complexity index is 597. The number of aromatic amines is 1. The molecule has 0 bridgehead atoms. The maximum atomic E-state index is 13.4. The largest absolute Gasteiger partial charge is 0.366 e. The van der Waals surface area contributed by atoms with Crippen molar-refractivity contribution in [2.24, 2.45) is 5.73 Å². The number of carbonyl (C=O) groups excluding carboxylic acids is 2. The minimum absolute atomic E-state index is 0.0693. The van der Waals surface area contributed by atoms with Crippen LogP contribution in [-0.4, -0.2) is 32.4 Å². The van der Waals surface area contributed by atoms with E-state index in [-0.39, 0.29) is 17.1 Å². The number of nitrogens with two attached hydrogens (primary N) is 1. The molecular weight excluding hydrogens is 243 g/mol. The van der Waals surface area contributed by atoms with Crippen LogP contribution in [0.2, 0.25) is 0 Å². The Kier molecular flexibility index (Phi) is 2.96. The molecule has 2 amide bonds. The van der Waals surface area contributed by atoms with E-state index in [2.05, 4.69) is 25.9 Å². The fourth-order valence-electron chi connectivity index (χ4n) is 1.21. The molecule has 1 heterocycles. The van der Waals surface area contributed by atoms with Gasteiger partial charge in [-0.15, -0.1) is 10.2 Å². The fraction of sp³-hybridized carbons (Fsp3) is 0. The highest BCUT2D eigenvalue weighted by molar-refractivity contribution is 6.02. The maximum absolute atomic E-state index is 13.4. The van der Waals surface area contributed by atoms with Crippen molar-refractivity contribution in [2.75, 3.05) is 5.32 Å².